The lowest BCUT2D eigenvalue weighted by Gasteiger charge is -1.84. The first kappa shape index (κ1) is 9.69. The van der Waals surface area contributed by atoms with E-state index in [9.17, 15) is 0 Å². The SMILES string of the molecule is C\C=C/C=C\N=C(N)\C=C/C. The van der Waals surface area contributed by atoms with Crippen LogP contribution < -0.4 is 5.73 Å². The molecule has 11 heavy (non-hydrogen) atoms. The van der Waals surface area contributed by atoms with Crippen LogP contribution in [-0.2, 0) is 0 Å². The maximum absolute atomic E-state index is 5.45. The van der Waals surface area contributed by atoms with Crippen molar-refractivity contribution in [3.63, 3.8) is 0 Å². The summed E-state index contributed by atoms with van der Waals surface area (Å²) in [7, 11) is 0. The van der Waals surface area contributed by atoms with Crippen LogP contribution in [0.25, 0.3) is 0 Å². The zero-order valence-corrected chi connectivity index (χ0v) is 6.99. The molecular formula is C9H14N2. The number of allylic oxidation sites excluding steroid dienone is 4. The van der Waals surface area contributed by atoms with Crippen LogP contribution in [-0.4, -0.2) is 5.84 Å². The first-order valence-corrected chi connectivity index (χ1v) is 3.55. The van der Waals surface area contributed by atoms with E-state index >= 15 is 0 Å². The highest BCUT2D eigenvalue weighted by atomic mass is 14.8. The minimum Gasteiger partial charge on any atom is -0.384 e. The molecule has 0 bridgehead atoms. The molecular weight excluding hydrogens is 136 g/mol. The number of hydrogen-bond donors (Lipinski definition) is 1. The maximum atomic E-state index is 5.45. The highest BCUT2D eigenvalue weighted by molar-refractivity contribution is 5.91. The largest absolute Gasteiger partial charge is 0.384 e. The van der Waals surface area contributed by atoms with Crippen molar-refractivity contribution in [3.8, 4) is 0 Å². The molecule has 60 valence electrons. The van der Waals surface area contributed by atoms with E-state index in [-0.39, 0.29) is 0 Å². The van der Waals surface area contributed by atoms with Gasteiger partial charge in [0, 0.05) is 6.20 Å². The van der Waals surface area contributed by atoms with Crippen molar-refractivity contribution in [2.45, 2.75) is 13.8 Å². The summed E-state index contributed by atoms with van der Waals surface area (Å²) in [6.45, 7) is 3.85. The number of aliphatic imine (C=N–C) groups is 1. The molecule has 2 heteroatoms. The Balaban J connectivity index is 3.90. The normalized spacial score (nSPS) is 14.2. The average Bonchev–Trinajstić information content (AvgIpc) is 1.99. The lowest BCUT2D eigenvalue weighted by molar-refractivity contribution is 1.50. The predicted molar refractivity (Wildman–Crippen MR) is 50.4 cm³/mol. The third-order valence-electron chi connectivity index (χ3n) is 0.951. The molecule has 0 atom stereocenters. The van der Waals surface area contributed by atoms with E-state index in [4.69, 9.17) is 5.73 Å². The Hall–Kier alpha value is -1.31. The summed E-state index contributed by atoms with van der Waals surface area (Å²) in [5, 5.41) is 0. The van der Waals surface area contributed by atoms with Crippen molar-refractivity contribution in [1.29, 1.82) is 0 Å². The summed E-state index contributed by atoms with van der Waals surface area (Å²) >= 11 is 0. The van der Waals surface area contributed by atoms with Crippen LogP contribution in [0.1, 0.15) is 13.8 Å². The van der Waals surface area contributed by atoms with E-state index in [2.05, 4.69) is 4.99 Å². The van der Waals surface area contributed by atoms with E-state index in [0.717, 1.165) is 0 Å². The van der Waals surface area contributed by atoms with Gasteiger partial charge in [0.25, 0.3) is 0 Å². The van der Waals surface area contributed by atoms with Crippen LogP contribution in [0, 0.1) is 0 Å². The molecule has 0 aliphatic carbocycles. The number of rotatable bonds is 3. The summed E-state index contributed by atoms with van der Waals surface area (Å²) in [5.41, 5.74) is 5.45. The number of hydrogen-bond acceptors (Lipinski definition) is 1. The van der Waals surface area contributed by atoms with Crippen LogP contribution in [0.2, 0.25) is 0 Å². The zero-order chi connectivity index (χ0) is 8.53. The fourth-order valence-electron chi connectivity index (χ4n) is 0.504. The molecule has 0 heterocycles. The van der Waals surface area contributed by atoms with Crippen LogP contribution in [0.4, 0.5) is 0 Å². The van der Waals surface area contributed by atoms with Gasteiger partial charge in [0.2, 0.25) is 0 Å². The average molecular weight is 150 g/mol. The second kappa shape index (κ2) is 6.81. The van der Waals surface area contributed by atoms with Crippen LogP contribution in [0.5, 0.6) is 0 Å². The van der Waals surface area contributed by atoms with Gasteiger partial charge in [-0.25, -0.2) is 4.99 Å². The quantitative estimate of drug-likeness (QED) is 0.373. The minimum absolute atomic E-state index is 0.522. The molecule has 0 aromatic rings. The van der Waals surface area contributed by atoms with Crippen LogP contribution in [0.15, 0.2) is 41.6 Å². The van der Waals surface area contributed by atoms with E-state index in [1.807, 2.05) is 38.2 Å². The van der Waals surface area contributed by atoms with E-state index in [1.54, 1.807) is 12.3 Å². The second-order valence-electron chi connectivity index (χ2n) is 1.92. The van der Waals surface area contributed by atoms with Gasteiger partial charge in [-0.3, -0.25) is 0 Å². The Morgan fingerprint density at radius 2 is 1.91 bits per heavy atom. The van der Waals surface area contributed by atoms with Crippen molar-refractivity contribution in [2.24, 2.45) is 10.7 Å². The molecule has 0 fully saturated rings. The molecule has 0 aliphatic rings. The molecule has 2 N–H and O–H groups in total. The standard InChI is InChI=1S/C9H14N2/c1-3-5-6-8-11-9(10)7-4-2/h3-8H,1-2H3,(H2,10,11)/b5-3-,7-4-,8-6-. The van der Waals surface area contributed by atoms with Crippen molar-refractivity contribution in [3.05, 3.63) is 36.6 Å². The molecule has 0 unspecified atom stereocenters. The van der Waals surface area contributed by atoms with E-state index in [1.165, 1.54) is 0 Å². The van der Waals surface area contributed by atoms with Crippen LogP contribution >= 0.6 is 0 Å². The molecule has 0 amide bonds. The van der Waals surface area contributed by atoms with Gasteiger partial charge in [-0.15, -0.1) is 0 Å². The van der Waals surface area contributed by atoms with Gasteiger partial charge in [-0.1, -0.05) is 18.2 Å². The second-order valence-corrected chi connectivity index (χ2v) is 1.92. The Labute approximate surface area is 67.8 Å². The summed E-state index contributed by atoms with van der Waals surface area (Å²) in [4.78, 5) is 3.93. The highest BCUT2D eigenvalue weighted by Crippen LogP contribution is 1.80. The Morgan fingerprint density at radius 3 is 2.45 bits per heavy atom. The van der Waals surface area contributed by atoms with Crippen molar-refractivity contribution < 1.29 is 0 Å². The third-order valence-corrected chi connectivity index (χ3v) is 0.951. The topological polar surface area (TPSA) is 38.4 Å². The smallest absolute Gasteiger partial charge is 0.122 e. The molecule has 0 radical (unpaired) electrons. The van der Waals surface area contributed by atoms with Crippen molar-refractivity contribution >= 4 is 5.84 Å². The first-order valence-electron chi connectivity index (χ1n) is 3.55. The Bertz CT molecular complexity index is 198. The van der Waals surface area contributed by atoms with E-state index in [0.29, 0.717) is 5.84 Å². The fourth-order valence-corrected chi connectivity index (χ4v) is 0.504. The Kier molecular flexibility index (Phi) is 5.99. The number of amidine groups is 1. The van der Waals surface area contributed by atoms with Gasteiger partial charge in [0.05, 0.1) is 0 Å². The first-order chi connectivity index (χ1) is 5.31. The molecule has 0 rings (SSSR count). The molecule has 0 aromatic heterocycles. The summed E-state index contributed by atoms with van der Waals surface area (Å²) in [5.74, 6) is 0.522. The predicted octanol–water partition coefficient (Wildman–Crippen LogP) is 2.01. The van der Waals surface area contributed by atoms with Gasteiger partial charge < -0.3 is 5.73 Å². The summed E-state index contributed by atoms with van der Waals surface area (Å²) in [6, 6.07) is 0. The highest BCUT2D eigenvalue weighted by Gasteiger charge is 1.75. The van der Waals surface area contributed by atoms with Crippen molar-refractivity contribution in [1.82, 2.24) is 0 Å². The maximum Gasteiger partial charge on any atom is 0.122 e. The molecule has 0 aromatic carbocycles. The van der Waals surface area contributed by atoms with Gasteiger partial charge in [-0.2, -0.15) is 0 Å². The monoisotopic (exact) mass is 150 g/mol. The van der Waals surface area contributed by atoms with Crippen LogP contribution in [0.3, 0.4) is 0 Å². The molecule has 2 nitrogen and oxygen atoms in total. The lowest BCUT2D eigenvalue weighted by Crippen LogP contribution is -2.05. The molecule has 0 saturated heterocycles. The van der Waals surface area contributed by atoms with Gasteiger partial charge in [0.1, 0.15) is 5.84 Å². The van der Waals surface area contributed by atoms with E-state index < -0.39 is 0 Å². The van der Waals surface area contributed by atoms with Gasteiger partial charge in [0.15, 0.2) is 0 Å². The summed E-state index contributed by atoms with van der Waals surface area (Å²) in [6.07, 6.45) is 10.9. The Morgan fingerprint density at radius 1 is 1.18 bits per heavy atom. The van der Waals surface area contributed by atoms with Crippen molar-refractivity contribution in [2.75, 3.05) is 0 Å². The molecule has 0 saturated carbocycles. The molecule has 0 spiro atoms. The summed E-state index contributed by atoms with van der Waals surface area (Å²) < 4.78 is 0. The number of nitrogens with zero attached hydrogens (tertiary/aromatic N) is 1. The molecule has 0 aliphatic heterocycles. The third kappa shape index (κ3) is 6.58. The van der Waals surface area contributed by atoms with Gasteiger partial charge in [-0.05, 0) is 26.0 Å². The minimum atomic E-state index is 0.522. The zero-order valence-electron chi connectivity index (χ0n) is 6.99. The number of nitrogens with two attached hydrogens (primary N) is 1. The lowest BCUT2D eigenvalue weighted by atomic mass is 10.5. The van der Waals surface area contributed by atoms with Gasteiger partial charge >= 0.3 is 0 Å². The fraction of sp³-hybridized carbons (Fsp3) is 0.222.